The van der Waals surface area contributed by atoms with Crippen LogP contribution in [0.25, 0.3) is 0 Å². The molecule has 1 heterocycles. The van der Waals surface area contributed by atoms with Crippen LogP contribution in [0.1, 0.15) is 27.7 Å². The smallest absolute Gasteiger partial charge is 0.227 e. The zero-order chi connectivity index (χ0) is 13.2. The molecule has 1 rings (SSSR count). The number of hydrogen-bond acceptors (Lipinski definition) is 3. The fraction of sp³-hybridized carbons (Fsp3) is 0.923. The van der Waals surface area contributed by atoms with Gasteiger partial charge in [0.2, 0.25) is 5.91 Å². The van der Waals surface area contributed by atoms with Crippen molar-refractivity contribution in [2.75, 3.05) is 26.7 Å². The quantitative estimate of drug-likeness (QED) is 0.794. The van der Waals surface area contributed by atoms with E-state index in [1.54, 1.807) is 0 Å². The van der Waals surface area contributed by atoms with Crippen molar-refractivity contribution in [3.8, 4) is 0 Å². The number of hydrogen-bond donors (Lipinski definition) is 1. The Morgan fingerprint density at radius 1 is 1.29 bits per heavy atom. The first-order chi connectivity index (χ1) is 7.88. The Morgan fingerprint density at radius 3 is 2.12 bits per heavy atom. The van der Waals surface area contributed by atoms with Gasteiger partial charge in [-0.05, 0) is 26.8 Å². The highest BCUT2D eigenvalue weighted by atomic mass is 16.2. The van der Waals surface area contributed by atoms with Crippen molar-refractivity contribution in [2.45, 2.75) is 39.8 Å². The number of nitrogens with zero attached hydrogens (tertiary/aromatic N) is 2. The first-order valence-electron chi connectivity index (χ1n) is 6.59. The zero-order valence-electron chi connectivity index (χ0n) is 11.8. The van der Waals surface area contributed by atoms with Crippen molar-refractivity contribution in [3.63, 3.8) is 0 Å². The van der Waals surface area contributed by atoms with Gasteiger partial charge in [0.25, 0.3) is 0 Å². The van der Waals surface area contributed by atoms with Gasteiger partial charge in [-0.25, -0.2) is 0 Å². The predicted octanol–water partition coefficient (Wildman–Crippen LogP) is 0.768. The molecule has 17 heavy (non-hydrogen) atoms. The SMILES string of the molecule is CC(C)C(CN)C(=O)N1CC(C)N(C)C(C)C1. The second-order valence-corrected chi connectivity index (χ2v) is 5.69. The van der Waals surface area contributed by atoms with Crippen LogP contribution in [0.4, 0.5) is 0 Å². The first kappa shape index (κ1) is 14.5. The summed E-state index contributed by atoms with van der Waals surface area (Å²) in [5.74, 6) is 0.518. The summed E-state index contributed by atoms with van der Waals surface area (Å²) in [4.78, 5) is 16.7. The lowest BCUT2D eigenvalue weighted by Gasteiger charge is -2.43. The van der Waals surface area contributed by atoms with E-state index in [4.69, 9.17) is 5.73 Å². The maximum atomic E-state index is 12.4. The van der Waals surface area contributed by atoms with Crippen LogP contribution in [0.15, 0.2) is 0 Å². The highest BCUT2D eigenvalue weighted by molar-refractivity contribution is 5.79. The summed E-state index contributed by atoms with van der Waals surface area (Å²) in [7, 11) is 2.13. The summed E-state index contributed by atoms with van der Waals surface area (Å²) in [6, 6.07) is 0.849. The van der Waals surface area contributed by atoms with Gasteiger partial charge in [-0.2, -0.15) is 0 Å². The molecule has 1 amide bonds. The Kier molecular flexibility index (Phi) is 4.95. The molecular weight excluding hydrogens is 214 g/mol. The van der Waals surface area contributed by atoms with Gasteiger partial charge >= 0.3 is 0 Å². The van der Waals surface area contributed by atoms with Gasteiger partial charge < -0.3 is 10.6 Å². The molecule has 0 bridgehead atoms. The van der Waals surface area contributed by atoms with Gasteiger partial charge in [-0.3, -0.25) is 9.69 Å². The lowest BCUT2D eigenvalue weighted by Crippen LogP contribution is -2.58. The molecule has 100 valence electrons. The topological polar surface area (TPSA) is 49.6 Å². The number of amides is 1. The Bertz CT molecular complexity index is 255. The van der Waals surface area contributed by atoms with Crippen LogP contribution in [0.3, 0.4) is 0 Å². The minimum Gasteiger partial charge on any atom is -0.339 e. The molecule has 4 nitrogen and oxygen atoms in total. The van der Waals surface area contributed by atoms with E-state index in [1.165, 1.54) is 0 Å². The average Bonchev–Trinajstić information content (AvgIpc) is 2.25. The fourth-order valence-corrected chi connectivity index (χ4v) is 2.48. The lowest BCUT2D eigenvalue weighted by atomic mass is 9.93. The molecule has 0 saturated carbocycles. The summed E-state index contributed by atoms with van der Waals surface area (Å²) >= 11 is 0. The minimum absolute atomic E-state index is 0.0298. The van der Waals surface area contributed by atoms with Gasteiger partial charge in [0.15, 0.2) is 0 Å². The molecule has 0 aromatic rings. The van der Waals surface area contributed by atoms with Gasteiger partial charge in [0.1, 0.15) is 0 Å². The van der Waals surface area contributed by atoms with Crippen molar-refractivity contribution in [2.24, 2.45) is 17.6 Å². The van der Waals surface area contributed by atoms with E-state index < -0.39 is 0 Å². The second-order valence-electron chi connectivity index (χ2n) is 5.69. The van der Waals surface area contributed by atoms with Gasteiger partial charge in [0.05, 0.1) is 5.92 Å². The number of rotatable bonds is 3. The van der Waals surface area contributed by atoms with Crippen molar-refractivity contribution < 1.29 is 4.79 Å². The van der Waals surface area contributed by atoms with Crippen LogP contribution >= 0.6 is 0 Å². The zero-order valence-corrected chi connectivity index (χ0v) is 11.8. The molecule has 0 aromatic heterocycles. The van der Waals surface area contributed by atoms with E-state index >= 15 is 0 Å². The Balaban J connectivity index is 2.70. The van der Waals surface area contributed by atoms with Crippen LogP contribution in [-0.4, -0.2) is 54.5 Å². The molecule has 4 heteroatoms. The van der Waals surface area contributed by atoms with Crippen LogP contribution < -0.4 is 5.73 Å². The molecule has 3 atom stereocenters. The van der Waals surface area contributed by atoms with Crippen LogP contribution in [0.2, 0.25) is 0 Å². The summed E-state index contributed by atoms with van der Waals surface area (Å²) in [6.07, 6.45) is 0. The largest absolute Gasteiger partial charge is 0.339 e. The number of carbonyl (C=O) groups excluding carboxylic acids is 1. The van der Waals surface area contributed by atoms with Crippen molar-refractivity contribution in [3.05, 3.63) is 0 Å². The van der Waals surface area contributed by atoms with Gasteiger partial charge in [-0.1, -0.05) is 13.8 Å². The third-order valence-electron chi connectivity index (χ3n) is 4.05. The number of carbonyl (C=O) groups is 1. The Morgan fingerprint density at radius 2 is 1.76 bits per heavy atom. The van der Waals surface area contributed by atoms with Crippen molar-refractivity contribution >= 4 is 5.91 Å². The molecule has 0 radical (unpaired) electrons. The normalized spacial score (nSPS) is 28.5. The molecular formula is C13H27N3O. The first-order valence-corrected chi connectivity index (χ1v) is 6.59. The molecule has 2 N–H and O–H groups in total. The second kappa shape index (κ2) is 5.83. The molecule has 3 unspecified atom stereocenters. The number of likely N-dealkylation sites (N-methyl/N-ethyl adjacent to an activating group) is 1. The van der Waals surface area contributed by atoms with Crippen LogP contribution in [-0.2, 0) is 4.79 Å². The molecule has 1 saturated heterocycles. The van der Waals surface area contributed by atoms with Gasteiger partial charge in [-0.15, -0.1) is 0 Å². The fourth-order valence-electron chi connectivity index (χ4n) is 2.48. The summed E-state index contributed by atoms with van der Waals surface area (Å²) < 4.78 is 0. The molecule has 0 aliphatic carbocycles. The molecule has 0 aromatic carbocycles. The molecule has 1 aliphatic rings. The molecule has 1 fully saturated rings. The third-order valence-corrected chi connectivity index (χ3v) is 4.05. The van der Waals surface area contributed by atoms with E-state index in [0.29, 0.717) is 24.5 Å². The van der Waals surface area contributed by atoms with Crippen LogP contribution in [0.5, 0.6) is 0 Å². The number of nitrogens with two attached hydrogens (primary N) is 1. The van der Waals surface area contributed by atoms with Crippen molar-refractivity contribution in [1.82, 2.24) is 9.80 Å². The average molecular weight is 241 g/mol. The van der Waals surface area contributed by atoms with Crippen molar-refractivity contribution in [1.29, 1.82) is 0 Å². The summed E-state index contributed by atoms with van der Waals surface area (Å²) in [6.45, 7) is 10.6. The number of piperazine rings is 1. The highest BCUT2D eigenvalue weighted by Gasteiger charge is 2.33. The maximum Gasteiger partial charge on any atom is 0.227 e. The van der Waals surface area contributed by atoms with E-state index in [0.717, 1.165) is 13.1 Å². The Hall–Kier alpha value is -0.610. The van der Waals surface area contributed by atoms with E-state index in [-0.39, 0.29) is 11.8 Å². The highest BCUT2D eigenvalue weighted by Crippen LogP contribution is 2.19. The predicted molar refractivity (Wildman–Crippen MR) is 70.6 cm³/mol. The van der Waals surface area contributed by atoms with Crippen LogP contribution in [0, 0.1) is 11.8 Å². The third kappa shape index (κ3) is 3.19. The molecule has 0 spiro atoms. The summed E-state index contributed by atoms with van der Waals surface area (Å²) in [5.41, 5.74) is 5.72. The van der Waals surface area contributed by atoms with Gasteiger partial charge in [0, 0.05) is 31.7 Å². The minimum atomic E-state index is -0.0298. The standard InChI is InChI=1S/C13H27N3O/c1-9(2)12(6-14)13(17)16-7-10(3)15(5)11(4)8-16/h9-12H,6-8,14H2,1-5H3. The van der Waals surface area contributed by atoms with E-state index in [1.807, 2.05) is 4.90 Å². The maximum absolute atomic E-state index is 12.4. The Labute approximate surface area is 105 Å². The lowest BCUT2D eigenvalue weighted by molar-refractivity contribution is -0.140. The van der Waals surface area contributed by atoms with E-state index in [9.17, 15) is 4.79 Å². The van der Waals surface area contributed by atoms with E-state index in [2.05, 4.69) is 39.6 Å². The monoisotopic (exact) mass is 241 g/mol. The summed E-state index contributed by atoms with van der Waals surface area (Å²) in [5, 5.41) is 0. The molecule has 1 aliphatic heterocycles.